The molecule has 0 aliphatic carbocycles. The maximum atomic E-state index is 11.4. The molecule has 0 unspecified atom stereocenters. The molecule has 0 aliphatic rings. The quantitative estimate of drug-likeness (QED) is 0.711. The third-order valence-electron chi connectivity index (χ3n) is 4.46. The lowest BCUT2D eigenvalue weighted by Crippen LogP contribution is -2.33. The van der Waals surface area contributed by atoms with Crippen LogP contribution in [0.3, 0.4) is 0 Å². The van der Waals surface area contributed by atoms with Gasteiger partial charge in [-0.25, -0.2) is 0 Å². The van der Waals surface area contributed by atoms with Crippen LogP contribution in [0.2, 0.25) is 0 Å². The van der Waals surface area contributed by atoms with Crippen molar-refractivity contribution in [3.63, 3.8) is 0 Å². The summed E-state index contributed by atoms with van der Waals surface area (Å²) >= 11 is 0. The van der Waals surface area contributed by atoms with E-state index in [0.29, 0.717) is 5.56 Å². The first kappa shape index (κ1) is 19.7. The van der Waals surface area contributed by atoms with E-state index in [-0.39, 0.29) is 17.4 Å². The van der Waals surface area contributed by atoms with Gasteiger partial charge in [-0.05, 0) is 31.0 Å². The second-order valence-corrected chi connectivity index (χ2v) is 6.40. The van der Waals surface area contributed by atoms with Crippen molar-refractivity contribution >= 4 is 12.0 Å². The summed E-state index contributed by atoms with van der Waals surface area (Å²) in [4.78, 5) is 13.8. The molecule has 2 aromatic carbocycles. The number of rotatable bonds is 9. The summed E-state index contributed by atoms with van der Waals surface area (Å²) in [7, 11) is 0. The van der Waals surface area contributed by atoms with Crippen LogP contribution in [0.1, 0.15) is 48.2 Å². The summed E-state index contributed by atoms with van der Waals surface area (Å²) in [6.45, 7) is 6.20. The summed E-state index contributed by atoms with van der Waals surface area (Å²) in [6, 6.07) is 15.7. The molecule has 0 aromatic heterocycles. The van der Waals surface area contributed by atoms with Crippen LogP contribution in [0.15, 0.2) is 54.6 Å². The molecule has 4 nitrogen and oxygen atoms in total. The minimum Gasteiger partial charge on any atom is -0.506 e. The molecule has 1 amide bonds. The minimum absolute atomic E-state index is 0.0591. The van der Waals surface area contributed by atoms with Gasteiger partial charge in [0.1, 0.15) is 5.75 Å². The Labute approximate surface area is 156 Å². The highest BCUT2D eigenvalue weighted by Crippen LogP contribution is 2.24. The second kappa shape index (κ2) is 9.78. The molecule has 0 spiro atoms. The van der Waals surface area contributed by atoms with Gasteiger partial charge in [-0.3, -0.25) is 9.69 Å². The molecule has 0 radical (unpaired) electrons. The zero-order valence-corrected chi connectivity index (χ0v) is 15.6. The van der Waals surface area contributed by atoms with E-state index in [1.54, 1.807) is 12.1 Å². The zero-order chi connectivity index (χ0) is 18.9. The number of nitrogens with zero attached hydrogens (tertiary/aromatic N) is 1. The summed E-state index contributed by atoms with van der Waals surface area (Å²) in [5.74, 6) is -0.683. The van der Waals surface area contributed by atoms with Crippen molar-refractivity contribution in [2.24, 2.45) is 5.73 Å². The molecule has 138 valence electrons. The first-order valence-corrected chi connectivity index (χ1v) is 9.14. The van der Waals surface area contributed by atoms with E-state index in [0.717, 1.165) is 25.9 Å². The molecule has 0 bridgehead atoms. The van der Waals surface area contributed by atoms with Gasteiger partial charge in [-0.2, -0.15) is 0 Å². The summed E-state index contributed by atoms with van der Waals surface area (Å²) in [5.41, 5.74) is 7.35. The average Bonchev–Trinajstić information content (AvgIpc) is 2.64. The number of phenols is 1. The van der Waals surface area contributed by atoms with Crippen molar-refractivity contribution < 1.29 is 9.90 Å². The molecule has 2 rings (SSSR count). The monoisotopic (exact) mass is 352 g/mol. The van der Waals surface area contributed by atoms with Crippen LogP contribution in [-0.2, 0) is 6.54 Å². The second-order valence-electron chi connectivity index (χ2n) is 6.40. The number of hydrogen-bond donors (Lipinski definition) is 2. The fraction of sp³-hybridized carbons (Fsp3) is 0.318. The van der Waals surface area contributed by atoms with Crippen LogP contribution in [0.5, 0.6) is 5.75 Å². The zero-order valence-electron chi connectivity index (χ0n) is 15.6. The van der Waals surface area contributed by atoms with Gasteiger partial charge in [0.05, 0.1) is 5.56 Å². The lowest BCUT2D eigenvalue weighted by atomic mass is 10.0. The molecule has 2 aromatic rings. The number of primary amides is 1. The average molecular weight is 352 g/mol. The van der Waals surface area contributed by atoms with Gasteiger partial charge < -0.3 is 10.8 Å². The molecule has 26 heavy (non-hydrogen) atoms. The Morgan fingerprint density at radius 3 is 2.50 bits per heavy atom. The van der Waals surface area contributed by atoms with E-state index in [4.69, 9.17) is 5.73 Å². The number of nitrogens with two attached hydrogens (primary N) is 1. The van der Waals surface area contributed by atoms with Gasteiger partial charge in [0, 0.05) is 18.2 Å². The van der Waals surface area contributed by atoms with E-state index < -0.39 is 5.91 Å². The Hall–Kier alpha value is -2.59. The Balaban J connectivity index is 2.21. The number of benzene rings is 2. The Bertz CT molecular complexity index is 741. The van der Waals surface area contributed by atoms with E-state index in [9.17, 15) is 9.90 Å². The normalized spacial score (nSPS) is 12.6. The van der Waals surface area contributed by atoms with Crippen LogP contribution >= 0.6 is 0 Å². The Morgan fingerprint density at radius 2 is 1.88 bits per heavy atom. The van der Waals surface area contributed by atoms with Crippen LogP contribution < -0.4 is 5.73 Å². The Kier molecular flexibility index (Phi) is 7.42. The molecular formula is C22H28N2O2. The maximum absolute atomic E-state index is 11.4. The largest absolute Gasteiger partial charge is 0.506 e. The fourth-order valence-corrected chi connectivity index (χ4v) is 3.09. The molecule has 0 fully saturated rings. The molecule has 4 heteroatoms. The van der Waals surface area contributed by atoms with E-state index in [2.05, 4.69) is 49.1 Å². The molecular weight excluding hydrogens is 324 g/mol. The van der Waals surface area contributed by atoms with Crippen molar-refractivity contribution in [3.8, 4) is 5.75 Å². The fourth-order valence-electron chi connectivity index (χ4n) is 3.09. The van der Waals surface area contributed by atoms with E-state index in [1.165, 1.54) is 11.6 Å². The molecule has 0 saturated heterocycles. The predicted octanol–water partition coefficient (Wildman–Crippen LogP) is 4.20. The highest BCUT2D eigenvalue weighted by atomic mass is 16.3. The first-order chi connectivity index (χ1) is 12.6. The lowest BCUT2D eigenvalue weighted by molar-refractivity contribution is 0.0997. The third-order valence-corrected chi connectivity index (χ3v) is 4.46. The first-order valence-electron chi connectivity index (χ1n) is 9.14. The minimum atomic E-state index is -0.624. The van der Waals surface area contributed by atoms with Crippen LogP contribution in [-0.4, -0.2) is 28.5 Å². The summed E-state index contributed by atoms with van der Waals surface area (Å²) < 4.78 is 0. The van der Waals surface area contributed by atoms with Crippen molar-refractivity contribution in [1.82, 2.24) is 4.90 Å². The highest BCUT2D eigenvalue weighted by molar-refractivity contribution is 5.96. The highest BCUT2D eigenvalue weighted by Gasteiger charge is 2.15. The molecule has 3 N–H and O–H groups in total. The SMILES string of the molecule is CCCN(Cc1ccccc1)[C@@H](/C=C/c1cccc(C(N)=O)c1O)CC. The van der Waals surface area contributed by atoms with E-state index >= 15 is 0 Å². The molecule has 0 saturated carbocycles. The molecule has 1 atom stereocenters. The topological polar surface area (TPSA) is 66.6 Å². The number of para-hydroxylation sites is 1. The Morgan fingerprint density at radius 1 is 1.15 bits per heavy atom. The van der Waals surface area contributed by atoms with Gasteiger partial charge in [0.25, 0.3) is 5.91 Å². The number of carbonyl (C=O) groups excluding carboxylic acids is 1. The smallest absolute Gasteiger partial charge is 0.252 e. The van der Waals surface area contributed by atoms with Crippen molar-refractivity contribution in [2.75, 3.05) is 6.54 Å². The van der Waals surface area contributed by atoms with Crippen LogP contribution in [0.4, 0.5) is 0 Å². The van der Waals surface area contributed by atoms with Gasteiger partial charge in [0.2, 0.25) is 0 Å². The van der Waals surface area contributed by atoms with Crippen LogP contribution in [0, 0.1) is 0 Å². The lowest BCUT2D eigenvalue weighted by Gasteiger charge is -2.29. The van der Waals surface area contributed by atoms with Crippen molar-refractivity contribution in [3.05, 3.63) is 71.3 Å². The van der Waals surface area contributed by atoms with Gasteiger partial charge >= 0.3 is 0 Å². The standard InChI is InChI=1S/C22H28N2O2/c1-3-15-24(16-17-9-6-5-7-10-17)19(4-2)14-13-18-11-8-12-20(21(18)25)22(23)26/h5-14,19,25H,3-4,15-16H2,1-2H3,(H2,23,26)/b14-13+/t19-/m1/s1. The predicted molar refractivity (Wildman–Crippen MR) is 107 cm³/mol. The maximum Gasteiger partial charge on any atom is 0.252 e. The van der Waals surface area contributed by atoms with Gasteiger partial charge in [-0.15, -0.1) is 0 Å². The summed E-state index contributed by atoms with van der Waals surface area (Å²) in [6.07, 6.45) is 6.00. The number of hydrogen-bond acceptors (Lipinski definition) is 3. The third kappa shape index (κ3) is 5.20. The number of amides is 1. The van der Waals surface area contributed by atoms with Crippen molar-refractivity contribution in [2.45, 2.75) is 39.3 Å². The molecule has 0 heterocycles. The van der Waals surface area contributed by atoms with Crippen molar-refractivity contribution in [1.29, 1.82) is 0 Å². The van der Waals surface area contributed by atoms with E-state index in [1.807, 2.05) is 12.1 Å². The van der Waals surface area contributed by atoms with Gasteiger partial charge in [0.15, 0.2) is 0 Å². The van der Waals surface area contributed by atoms with Crippen LogP contribution in [0.25, 0.3) is 6.08 Å². The number of aromatic hydroxyl groups is 1. The molecule has 0 aliphatic heterocycles. The van der Waals surface area contributed by atoms with Gasteiger partial charge in [-0.1, -0.05) is 68.5 Å². The number of carbonyl (C=O) groups is 1. The summed E-state index contributed by atoms with van der Waals surface area (Å²) in [5, 5.41) is 10.3.